The molecule has 0 aromatic heterocycles. The van der Waals surface area contributed by atoms with Gasteiger partial charge in [-0.1, -0.05) is 20.8 Å². The highest BCUT2D eigenvalue weighted by Crippen LogP contribution is 2.62. The fraction of sp³-hybridized carbons (Fsp3) is 1.00. The van der Waals surface area contributed by atoms with Gasteiger partial charge in [-0.25, -0.2) is 0 Å². The molecule has 5 unspecified atom stereocenters. The van der Waals surface area contributed by atoms with E-state index in [0.29, 0.717) is 36.6 Å². The van der Waals surface area contributed by atoms with Gasteiger partial charge < -0.3 is 19.9 Å². The Labute approximate surface area is 129 Å². The number of hydrogen-bond donors (Lipinski definition) is 2. The van der Waals surface area contributed by atoms with E-state index in [1.54, 1.807) is 7.11 Å². The number of aliphatic hydroxyl groups excluding tert-OH is 1. The molecule has 4 nitrogen and oxygen atoms in total. The Morgan fingerprint density at radius 2 is 2.00 bits per heavy atom. The smallest absolute Gasteiger partial charge is 0.0897 e. The van der Waals surface area contributed by atoms with Crippen molar-refractivity contribution >= 4 is 0 Å². The highest BCUT2D eigenvalue weighted by molar-refractivity contribution is 5.12. The molecule has 0 radical (unpaired) electrons. The molecule has 0 aromatic carbocycles. The molecule has 21 heavy (non-hydrogen) atoms. The SMILES string of the molecule is COCC(C)OCC(O)CNC1C2(C)CCC(C2)C1(C)C. The summed E-state index contributed by atoms with van der Waals surface area (Å²) in [5.41, 5.74) is 0.731. The number of ether oxygens (including phenoxy) is 2. The maximum absolute atomic E-state index is 10.1. The van der Waals surface area contributed by atoms with Gasteiger partial charge in [0.1, 0.15) is 0 Å². The van der Waals surface area contributed by atoms with Crippen LogP contribution < -0.4 is 5.32 Å². The molecule has 0 amide bonds. The Kier molecular flexibility index (Phi) is 5.35. The van der Waals surface area contributed by atoms with Crippen LogP contribution in [0.25, 0.3) is 0 Å². The third-order valence-electron chi connectivity index (χ3n) is 5.80. The summed E-state index contributed by atoms with van der Waals surface area (Å²) >= 11 is 0. The molecule has 2 N–H and O–H groups in total. The first-order valence-electron chi connectivity index (χ1n) is 8.31. The zero-order valence-corrected chi connectivity index (χ0v) is 14.3. The maximum Gasteiger partial charge on any atom is 0.0897 e. The lowest BCUT2D eigenvalue weighted by molar-refractivity contribution is -0.0341. The van der Waals surface area contributed by atoms with Crippen LogP contribution >= 0.6 is 0 Å². The average molecular weight is 299 g/mol. The van der Waals surface area contributed by atoms with Gasteiger partial charge in [0, 0.05) is 19.7 Å². The van der Waals surface area contributed by atoms with E-state index in [9.17, 15) is 5.11 Å². The first-order chi connectivity index (χ1) is 9.79. The van der Waals surface area contributed by atoms with Crippen molar-refractivity contribution < 1.29 is 14.6 Å². The average Bonchev–Trinajstić information content (AvgIpc) is 2.87. The normalized spacial score (nSPS) is 36.9. The van der Waals surface area contributed by atoms with Crippen molar-refractivity contribution in [2.24, 2.45) is 16.7 Å². The van der Waals surface area contributed by atoms with Crippen LogP contribution in [0.4, 0.5) is 0 Å². The Morgan fingerprint density at radius 1 is 1.29 bits per heavy atom. The van der Waals surface area contributed by atoms with E-state index < -0.39 is 6.10 Å². The maximum atomic E-state index is 10.1. The molecule has 2 aliphatic carbocycles. The van der Waals surface area contributed by atoms with Gasteiger partial charge in [-0.2, -0.15) is 0 Å². The number of aliphatic hydroxyl groups is 1. The highest BCUT2D eigenvalue weighted by atomic mass is 16.5. The molecule has 5 atom stereocenters. The molecule has 0 aromatic rings. The van der Waals surface area contributed by atoms with Gasteiger partial charge in [0.15, 0.2) is 0 Å². The van der Waals surface area contributed by atoms with Crippen molar-refractivity contribution in [2.45, 2.75) is 65.2 Å². The van der Waals surface area contributed by atoms with E-state index in [1.807, 2.05) is 6.92 Å². The summed E-state index contributed by atoms with van der Waals surface area (Å²) in [5, 5.41) is 13.8. The zero-order valence-electron chi connectivity index (χ0n) is 14.3. The molecule has 2 fully saturated rings. The van der Waals surface area contributed by atoms with Gasteiger partial charge in [0.05, 0.1) is 25.4 Å². The van der Waals surface area contributed by atoms with Crippen LogP contribution in [0.5, 0.6) is 0 Å². The predicted molar refractivity (Wildman–Crippen MR) is 84.3 cm³/mol. The van der Waals surface area contributed by atoms with Crippen molar-refractivity contribution in [1.29, 1.82) is 0 Å². The second-order valence-electron chi connectivity index (χ2n) is 8.01. The lowest BCUT2D eigenvalue weighted by atomic mass is 9.68. The summed E-state index contributed by atoms with van der Waals surface area (Å²) in [6.07, 6.45) is 3.58. The molecule has 0 aliphatic heterocycles. The molecular formula is C17H33NO3. The van der Waals surface area contributed by atoms with Crippen LogP contribution in [0, 0.1) is 16.7 Å². The van der Waals surface area contributed by atoms with E-state index in [4.69, 9.17) is 9.47 Å². The van der Waals surface area contributed by atoms with Gasteiger partial charge in [-0.15, -0.1) is 0 Å². The second kappa shape index (κ2) is 6.53. The second-order valence-corrected chi connectivity index (χ2v) is 8.01. The largest absolute Gasteiger partial charge is 0.389 e. The van der Waals surface area contributed by atoms with E-state index in [2.05, 4.69) is 26.1 Å². The number of nitrogens with one attached hydrogen (secondary N) is 1. The summed E-state index contributed by atoms with van der Waals surface area (Å²) in [5.74, 6) is 0.829. The van der Waals surface area contributed by atoms with Crippen LogP contribution in [0.2, 0.25) is 0 Å². The molecule has 0 saturated heterocycles. The summed E-state index contributed by atoms with van der Waals surface area (Å²) in [4.78, 5) is 0. The minimum absolute atomic E-state index is 0.0288. The van der Waals surface area contributed by atoms with Crippen molar-refractivity contribution in [2.75, 3.05) is 26.9 Å². The minimum atomic E-state index is -0.456. The van der Waals surface area contributed by atoms with E-state index in [1.165, 1.54) is 19.3 Å². The number of methoxy groups -OCH3 is 1. The van der Waals surface area contributed by atoms with Gasteiger partial charge in [0.2, 0.25) is 0 Å². The predicted octanol–water partition coefficient (Wildman–Crippen LogP) is 2.20. The molecule has 4 heteroatoms. The fourth-order valence-electron chi connectivity index (χ4n) is 4.68. The molecule has 2 bridgehead atoms. The Balaban J connectivity index is 1.77. The first-order valence-corrected chi connectivity index (χ1v) is 8.31. The van der Waals surface area contributed by atoms with Crippen LogP contribution in [-0.4, -0.2) is 50.2 Å². The van der Waals surface area contributed by atoms with Crippen molar-refractivity contribution in [3.8, 4) is 0 Å². The molecule has 124 valence electrons. The van der Waals surface area contributed by atoms with Gasteiger partial charge in [-0.3, -0.25) is 0 Å². The Bertz CT molecular complexity index is 342. The number of hydrogen-bond acceptors (Lipinski definition) is 4. The van der Waals surface area contributed by atoms with Crippen LogP contribution in [-0.2, 0) is 9.47 Å². The molecule has 0 spiro atoms. The minimum Gasteiger partial charge on any atom is -0.389 e. The van der Waals surface area contributed by atoms with Gasteiger partial charge in [0.25, 0.3) is 0 Å². The zero-order chi connectivity index (χ0) is 15.7. The van der Waals surface area contributed by atoms with Crippen molar-refractivity contribution in [3.63, 3.8) is 0 Å². The van der Waals surface area contributed by atoms with E-state index >= 15 is 0 Å². The molecule has 2 aliphatic rings. The first kappa shape index (κ1) is 17.2. The standard InChI is InChI=1S/C17H33NO3/c1-12(10-20-5)21-11-14(19)9-18-15-16(2,3)13-6-7-17(15,4)8-13/h12-15,18-19H,6-11H2,1-5H3. The molecule has 2 rings (SSSR count). The van der Waals surface area contributed by atoms with Gasteiger partial charge in [-0.05, 0) is 42.9 Å². The van der Waals surface area contributed by atoms with Crippen LogP contribution in [0.15, 0.2) is 0 Å². The Hall–Kier alpha value is -0.160. The highest BCUT2D eigenvalue weighted by Gasteiger charge is 2.58. The molecular weight excluding hydrogens is 266 g/mol. The summed E-state index contributed by atoms with van der Waals surface area (Å²) in [6.45, 7) is 10.7. The lowest BCUT2D eigenvalue weighted by Crippen LogP contribution is -2.52. The fourth-order valence-corrected chi connectivity index (χ4v) is 4.68. The topological polar surface area (TPSA) is 50.7 Å². The third-order valence-corrected chi connectivity index (χ3v) is 5.80. The summed E-state index contributed by atoms with van der Waals surface area (Å²) in [6, 6.07) is 0.495. The van der Waals surface area contributed by atoms with Gasteiger partial charge >= 0.3 is 0 Å². The molecule has 0 heterocycles. The quantitative estimate of drug-likeness (QED) is 0.721. The molecule has 2 saturated carbocycles. The number of fused-ring (bicyclic) bond motifs is 2. The van der Waals surface area contributed by atoms with Crippen LogP contribution in [0.3, 0.4) is 0 Å². The number of rotatable bonds is 8. The Morgan fingerprint density at radius 3 is 2.57 bits per heavy atom. The lowest BCUT2D eigenvalue weighted by Gasteiger charge is -2.43. The summed E-state index contributed by atoms with van der Waals surface area (Å²) < 4.78 is 10.6. The third kappa shape index (κ3) is 3.61. The van der Waals surface area contributed by atoms with E-state index in [0.717, 1.165) is 5.92 Å². The monoisotopic (exact) mass is 299 g/mol. The van der Waals surface area contributed by atoms with Crippen LogP contribution in [0.1, 0.15) is 47.0 Å². The van der Waals surface area contributed by atoms with Crippen molar-refractivity contribution in [1.82, 2.24) is 5.32 Å². The summed E-state index contributed by atoms with van der Waals surface area (Å²) in [7, 11) is 1.66. The van der Waals surface area contributed by atoms with E-state index in [-0.39, 0.29) is 6.10 Å². The van der Waals surface area contributed by atoms with Crippen molar-refractivity contribution in [3.05, 3.63) is 0 Å².